The van der Waals surface area contributed by atoms with Gasteiger partial charge in [-0.1, -0.05) is 24.4 Å². The molecule has 1 saturated carbocycles. The minimum Gasteiger partial charge on any atom is -0.352 e. The molecule has 2 nitrogen and oxygen atoms in total. The molecule has 0 saturated heterocycles. The van der Waals surface area contributed by atoms with E-state index >= 15 is 0 Å². The summed E-state index contributed by atoms with van der Waals surface area (Å²) in [5.74, 6) is -0.0651. The third kappa shape index (κ3) is 3.70. The number of hydrogen-bond acceptors (Lipinski definition) is 1. The lowest BCUT2D eigenvalue weighted by molar-refractivity contribution is 0.0949. The van der Waals surface area contributed by atoms with Gasteiger partial charge in [0, 0.05) is 11.6 Å². The second kappa shape index (κ2) is 5.50. The molecule has 0 radical (unpaired) electrons. The maximum Gasteiger partial charge on any atom is 0.254 e. The third-order valence-electron chi connectivity index (χ3n) is 2.94. The SMILES string of the molecule is O=C(NCCCC1CC1)c1cc(Cl)ccc1F. The van der Waals surface area contributed by atoms with E-state index in [2.05, 4.69) is 5.32 Å². The van der Waals surface area contributed by atoms with Gasteiger partial charge in [-0.25, -0.2) is 4.39 Å². The van der Waals surface area contributed by atoms with Gasteiger partial charge < -0.3 is 5.32 Å². The average Bonchev–Trinajstić information content (AvgIpc) is 3.11. The molecular formula is C13H15ClFNO. The number of benzene rings is 1. The summed E-state index contributed by atoms with van der Waals surface area (Å²) in [5, 5.41) is 3.08. The molecule has 0 aliphatic heterocycles. The highest BCUT2D eigenvalue weighted by Gasteiger charge is 2.20. The highest BCUT2D eigenvalue weighted by atomic mass is 35.5. The van der Waals surface area contributed by atoms with E-state index < -0.39 is 5.82 Å². The standard InChI is InChI=1S/C13H15ClFNO/c14-10-5-6-12(15)11(8-10)13(17)16-7-1-2-9-3-4-9/h5-6,8-9H,1-4,7H2,(H,16,17). The van der Waals surface area contributed by atoms with E-state index in [1.807, 2.05) is 0 Å². The smallest absolute Gasteiger partial charge is 0.254 e. The van der Waals surface area contributed by atoms with Crippen molar-refractivity contribution in [2.45, 2.75) is 25.7 Å². The lowest BCUT2D eigenvalue weighted by atomic mass is 10.2. The predicted molar refractivity (Wildman–Crippen MR) is 65.7 cm³/mol. The minimum atomic E-state index is -0.533. The zero-order chi connectivity index (χ0) is 12.3. The van der Waals surface area contributed by atoms with Crippen LogP contribution in [0.25, 0.3) is 0 Å². The van der Waals surface area contributed by atoms with Gasteiger partial charge in [0.2, 0.25) is 0 Å². The van der Waals surface area contributed by atoms with Crippen molar-refractivity contribution in [2.24, 2.45) is 5.92 Å². The minimum absolute atomic E-state index is 0.0175. The molecule has 1 aliphatic carbocycles. The van der Waals surface area contributed by atoms with Gasteiger partial charge in [0.25, 0.3) is 5.91 Å². The Balaban J connectivity index is 1.82. The highest BCUT2D eigenvalue weighted by molar-refractivity contribution is 6.30. The van der Waals surface area contributed by atoms with E-state index in [1.165, 1.54) is 31.0 Å². The van der Waals surface area contributed by atoms with Gasteiger partial charge >= 0.3 is 0 Å². The van der Waals surface area contributed by atoms with Crippen molar-refractivity contribution in [3.05, 3.63) is 34.6 Å². The van der Waals surface area contributed by atoms with Crippen molar-refractivity contribution in [3.8, 4) is 0 Å². The number of halogens is 2. The lowest BCUT2D eigenvalue weighted by Crippen LogP contribution is -2.25. The Morgan fingerprint density at radius 3 is 2.94 bits per heavy atom. The number of hydrogen-bond donors (Lipinski definition) is 1. The van der Waals surface area contributed by atoms with E-state index in [1.54, 1.807) is 0 Å². The van der Waals surface area contributed by atoms with Crippen LogP contribution in [-0.2, 0) is 0 Å². The largest absolute Gasteiger partial charge is 0.352 e. The van der Waals surface area contributed by atoms with Crippen LogP contribution >= 0.6 is 11.6 Å². The Morgan fingerprint density at radius 1 is 1.47 bits per heavy atom. The second-order valence-electron chi connectivity index (χ2n) is 4.47. The monoisotopic (exact) mass is 255 g/mol. The first-order valence-electron chi connectivity index (χ1n) is 5.90. The number of amides is 1. The van der Waals surface area contributed by atoms with Crippen molar-refractivity contribution in [1.29, 1.82) is 0 Å². The van der Waals surface area contributed by atoms with Crippen LogP contribution in [0.5, 0.6) is 0 Å². The van der Waals surface area contributed by atoms with Crippen LogP contribution in [0.3, 0.4) is 0 Å². The second-order valence-corrected chi connectivity index (χ2v) is 4.90. The molecule has 0 heterocycles. The zero-order valence-electron chi connectivity index (χ0n) is 9.51. The third-order valence-corrected chi connectivity index (χ3v) is 3.18. The van der Waals surface area contributed by atoms with Gasteiger partial charge in [0.15, 0.2) is 0 Å². The zero-order valence-corrected chi connectivity index (χ0v) is 10.3. The molecule has 0 unspecified atom stereocenters. The normalized spacial score (nSPS) is 14.7. The molecule has 1 aromatic carbocycles. The maximum absolute atomic E-state index is 13.3. The molecule has 17 heavy (non-hydrogen) atoms. The molecule has 1 aliphatic rings. The van der Waals surface area contributed by atoms with Crippen molar-refractivity contribution in [3.63, 3.8) is 0 Å². The number of carbonyl (C=O) groups is 1. The van der Waals surface area contributed by atoms with E-state index in [0.717, 1.165) is 18.8 Å². The topological polar surface area (TPSA) is 29.1 Å². The van der Waals surface area contributed by atoms with Gasteiger partial charge in [0.05, 0.1) is 5.56 Å². The van der Waals surface area contributed by atoms with E-state index in [-0.39, 0.29) is 11.5 Å². The van der Waals surface area contributed by atoms with Gasteiger partial charge in [-0.3, -0.25) is 4.79 Å². The predicted octanol–water partition coefficient (Wildman–Crippen LogP) is 3.40. The summed E-state index contributed by atoms with van der Waals surface area (Å²) in [6.07, 6.45) is 4.74. The Hall–Kier alpha value is -1.09. The van der Waals surface area contributed by atoms with Gasteiger partial charge in [0.1, 0.15) is 5.82 Å². The fourth-order valence-corrected chi connectivity index (χ4v) is 1.94. The summed E-state index contributed by atoms with van der Waals surface area (Å²) in [7, 11) is 0. The molecule has 1 aromatic rings. The summed E-state index contributed by atoms with van der Waals surface area (Å²) in [6.45, 7) is 0.598. The van der Waals surface area contributed by atoms with Crippen LogP contribution in [0, 0.1) is 11.7 Å². The molecule has 1 fully saturated rings. The Morgan fingerprint density at radius 2 is 2.24 bits per heavy atom. The van der Waals surface area contributed by atoms with Crippen LogP contribution in [0.15, 0.2) is 18.2 Å². The Kier molecular flexibility index (Phi) is 4.00. The van der Waals surface area contributed by atoms with Crippen LogP contribution in [0.4, 0.5) is 4.39 Å². The van der Waals surface area contributed by atoms with Gasteiger partial charge in [-0.2, -0.15) is 0 Å². The molecular weight excluding hydrogens is 241 g/mol. The van der Waals surface area contributed by atoms with Crippen LogP contribution < -0.4 is 5.32 Å². The first-order chi connectivity index (χ1) is 8.16. The lowest BCUT2D eigenvalue weighted by Gasteiger charge is -2.06. The number of nitrogens with one attached hydrogen (secondary N) is 1. The van der Waals surface area contributed by atoms with Crippen LogP contribution in [-0.4, -0.2) is 12.5 Å². The molecule has 2 rings (SSSR count). The Bertz CT molecular complexity index is 418. The molecule has 92 valence electrons. The van der Waals surface area contributed by atoms with Crippen molar-refractivity contribution in [2.75, 3.05) is 6.54 Å². The Labute approximate surface area is 105 Å². The fraction of sp³-hybridized carbons (Fsp3) is 0.462. The summed E-state index contributed by atoms with van der Waals surface area (Å²) in [6, 6.07) is 4.00. The summed E-state index contributed by atoms with van der Waals surface area (Å²) >= 11 is 5.73. The van der Waals surface area contributed by atoms with E-state index in [0.29, 0.717) is 11.6 Å². The first kappa shape index (κ1) is 12.4. The quantitative estimate of drug-likeness (QED) is 0.803. The van der Waals surface area contributed by atoms with Crippen LogP contribution in [0.1, 0.15) is 36.0 Å². The van der Waals surface area contributed by atoms with Crippen molar-refractivity contribution in [1.82, 2.24) is 5.32 Å². The summed E-state index contributed by atoms with van der Waals surface area (Å²) in [4.78, 5) is 11.7. The summed E-state index contributed by atoms with van der Waals surface area (Å²) < 4.78 is 13.3. The van der Waals surface area contributed by atoms with E-state index in [9.17, 15) is 9.18 Å². The average molecular weight is 256 g/mol. The van der Waals surface area contributed by atoms with Gasteiger partial charge in [-0.05, 0) is 37.0 Å². The molecule has 0 aromatic heterocycles. The number of rotatable bonds is 5. The summed E-state index contributed by atoms with van der Waals surface area (Å²) in [5.41, 5.74) is 0.0175. The number of carbonyl (C=O) groups excluding carboxylic acids is 1. The molecule has 0 bridgehead atoms. The highest BCUT2D eigenvalue weighted by Crippen LogP contribution is 2.33. The fourth-order valence-electron chi connectivity index (χ4n) is 1.77. The molecule has 1 N–H and O–H groups in total. The molecule has 0 atom stereocenters. The van der Waals surface area contributed by atoms with E-state index in [4.69, 9.17) is 11.6 Å². The molecule has 4 heteroatoms. The molecule has 0 spiro atoms. The maximum atomic E-state index is 13.3. The van der Waals surface area contributed by atoms with Gasteiger partial charge in [-0.15, -0.1) is 0 Å². The van der Waals surface area contributed by atoms with Crippen molar-refractivity contribution >= 4 is 17.5 Å². The molecule has 1 amide bonds. The first-order valence-corrected chi connectivity index (χ1v) is 6.28. The van der Waals surface area contributed by atoms with Crippen LogP contribution in [0.2, 0.25) is 5.02 Å². The van der Waals surface area contributed by atoms with Crippen molar-refractivity contribution < 1.29 is 9.18 Å².